The fourth-order valence-electron chi connectivity index (χ4n) is 0.622. The van der Waals surface area contributed by atoms with Crippen molar-refractivity contribution in [3.8, 4) is 0 Å². The van der Waals surface area contributed by atoms with Gasteiger partial charge in [-0.2, -0.15) is 0 Å². The van der Waals surface area contributed by atoms with E-state index in [-0.39, 0.29) is 6.17 Å². The fraction of sp³-hybridized carbons (Fsp3) is 0.833. The monoisotopic (exact) mass is 130 g/mol. The smallest absolute Gasteiger partial charge is 0.210 e. The van der Waals surface area contributed by atoms with Gasteiger partial charge < -0.3 is 10.6 Å². The zero-order chi connectivity index (χ0) is 7.28. The second kappa shape index (κ2) is 4.32. The number of carbonyl (C=O) groups is 1. The van der Waals surface area contributed by atoms with Crippen molar-refractivity contribution in [2.24, 2.45) is 5.73 Å². The van der Waals surface area contributed by atoms with E-state index in [4.69, 9.17) is 5.73 Å². The van der Waals surface area contributed by atoms with E-state index in [0.29, 0.717) is 6.54 Å². The molecule has 0 aliphatic rings. The molecule has 0 rings (SSSR count). The van der Waals surface area contributed by atoms with Crippen LogP contribution in [-0.2, 0) is 4.79 Å². The van der Waals surface area contributed by atoms with Crippen LogP contribution in [0.25, 0.3) is 0 Å². The molecule has 0 bridgehead atoms. The molecule has 1 atom stereocenters. The Labute approximate surface area is 55.8 Å². The molecule has 3 nitrogen and oxygen atoms in total. The lowest BCUT2D eigenvalue weighted by molar-refractivity contribution is -0.119. The van der Waals surface area contributed by atoms with Gasteiger partial charge in [0, 0.05) is 6.54 Å². The van der Waals surface area contributed by atoms with Gasteiger partial charge in [-0.3, -0.25) is 4.79 Å². The Morgan fingerprint density at radius 2 is 2.22 bits per heavy atom. The first-order chi connectivity index (χ1) is 4.26. The molecule has 54 valence electrons. The largest absolute Gasteiger partial charge is 0.330 e. The summed E-state index contributed by atoms with van der Waals surface area (Å²) in [6.45, 7) is 4.55. The summed E-state index contributed by atoms with van der Waals surface area (Å²) in [5, 5.41) is 0. The quantitative estimate of drug-likeness (QED) is 0.435. The van der Waals surface area contributed by atoms with Crippen LogP contribution in [0.2, 0.25) is 0 Å². The van der Waals surface area contributed by atoms with Gasteiger partial charge in [0.15, 0.2) is 0 Å². The third-order valence-electron chi connectivity index (χ3n) is 1.34. The zero-order valence-corrected chi connectivity index (χ0v) is 6.00. The van der Waals surface area contributed by atoms with Gasteiger partial charge in [0.05, 0.1) is 6.17 Å². The minimum Gasteiger partial charge on any atom is -0.330 e. The molecule has 0 fully saturated rings. The van der Waals surface area contributed by atoms with Gasteiger partial charge in [0.2, 0.25) is 6.41 Å². The van der Waals surface area contributed by atoms with Crippen molar-refractivity contribution in [3.05, 3.63) is 0 Å². The van der Waals surface area contributed by atoms with Gasteiger partial charge >= 0.3 is 0 Å². The summed E-state index contributed by atoms with van der Waals surface area (Å²) < 4.78 is 0. The molecule has 0 radical (unpaired) electrons. The van der Waals surface area contributed by atoms with Crippen LogP contribution >= 0.6 is 0 Å². The Morgan fingerprint density at radius 1 is 1.67 bits per heavy atom. The van der Waals surface area contributed by atoms with E-state index in [9.17, 15) is 4.79 Å². The Morgan fingerprint density at radius 3 is 2.33 bits per heavy atom. The van der Waals surface area contributed by atoms with Crippen molar-refractivity contribution in [2.75, 3.05) is 6.54 Å². The van der Waals surface area contributed by atoms with Gasteiger partial charge in [-0.05, 0) is 13.3 Å². The second-order valence-electron chi connectivity index (χ2n) is 1.91. The zero-order valence-electron chi connectivity index (χ0n) is 6.00. The van der Waals surface area contributed by atoms with Crippen molar-refractivity contribution in [1.82, 2.24) is 4.90 Å². The minimum atomic E-state index is -0.104. The number of nitrogens with two attached hydrogens (primary N) is 1. The number of amides is 1. The molecule has 0 saturated carbocycles. The predicted molar refractivity (Wildman–Crippen MR) is 36.7 cm³/mol. The first kappa shape index (κ1) is 8.43. The summed E-state index contributed by atoms with van der Waals surface area (Å²) in [5.41, 5.74) is 5.53. The lowest BCUT2D eigenvalue weighted by Gasteiger charge is -2.21. The molecule has 9 heavy (non-hydrogen) atoms. The van der Waals surface area contributed by atoms with E-state index in [1.54, 1.807) is 4.90 Å². The number of hydrogen-bond donors (Lipinski definition) is 1. The van der Waals surface area contributed by atoms with E-state index in [1.165, 1.54) is 0 Å². The standard InChI is InChI=1S/C6H14N2O/c1-3-6(7)8(4-2)5-9/h5-6H,3-4,7H2,1-2H3. The summed E-state index contributed by atoms with van der Waals surface area (Å²) in [5.74, 6) is 0. The summed E-state index contributed by atoms with van der Waals surface area (Å²) in [6.07, 6.45) is 1.49. The van der Waals surface area contributed by atoms with Crippen molar-refractivity contribution >= 4 is 6.41 Å². The molecular weight excluding hydrogens is 116 g/mol. The van der Waals surface area contributed by atoms with Crippen molar-refractivity contribution < 1.29 is 4.79 Å². The molecule has 1 unspecified atom stereocenters. The Hall–Kier alpha value is -0.570. The maximum atomic E-state index is 10.2. The molecule has 0 aliphatic heterocycles. The molecule has 0 saturated heterocycles. The Balaban J connectivity index is 3.63. The lowest BCUT2D eigenvalue weighted by Crippen LogP contribution is -2.40. The Kier molecular flexibility index (Phi) is 4.05. The van der Waals surface area contributed by atoms with Crippen molar-refractivity contribution in [2.45, 2.75) is 26.4 Å². The molecule has 0 aliphatic carbocycles. The number of nitrogens with zero attached hydrogens (tertiary/aromatic N) is 1. The summed E-state index contributed by atoms with van der Waals surface area (Å²) in [7, 11) is 0. The molecule has 0 aromatic rings. The van der Waals surface area contributed by atoms with Crippen LogP contribution in [0.15, 0.2) is 0 Å². The highest BCUT2D eigenvalue weighted by molar-refractivity contribution is 5.47. The normalized spacial score (nSPS) is 12.8. The van der Waals surface area contributed by atoms with Crippen LogP contribution in [0.5, 0.6) is 0 Å². The van der Waals surface area contributed by atoms with Crippen molar-refractivity contribution in [3.63, 3.8) is 0 Å². The third kappa shape index (κ3) is 2.46. The highest BCUT2D eigenvalue weighted by Gasteiger charge is 2.04. The van der Waals surface area contributed by atoms with E-state index < -0.39 is 0 Å². The van der Waals surface area contributed by atoms with Crippen LogP contribution in [0.3, 0.4) is 0 Å². The van der Waals surface area contributed by atoms with Gasteiger partial charge in [0.25, 0.3) is 0 Å². The molecule has 0 aromatic carbocycles. The number of rotatable bonds is 4. The van der Waals surface area contributed by atoms with Crippen LogP contribution in [-0.4, -0.2) is 24.0 Å². The topological polar surface area (TPSA) is 46.3 Å². The van der Waals surface area contributed by atoms with E-state index in [2.05, 4.69) is 0 Å². The predicted octanol–water partition coefficient (Wildman–Crippen LogP) is 0.159. The van der Waals surface area contributed by atoms with Crippen molar-refractivity contribution in [1.29, 1.82) is 0 Å². The summed E-state index contributed by atoms with van der Waals surface area (Å²) in [6, 6.07) is 0. The SMILES string of the molecule is CCC(N)N(C=O)CC. The molecule has 3 heteroatoms. The van der Waals surface area contributed by atoms with E-state index >= 15 is 0 Å². The maximum Gasteiger partial charge on any atom is 0.210 e. The van der Waals surface area contributed by atoms with Gasteiger partial charge in [-0.1, -0.05) is 6.92 Å². The van der Waals surface area contributed by atoms with Crippen LogP contribution in [0.1, 0.15) is 20.3 Å². The molecule has 0 aromatic heterocycles. The van der Waals surface area contributed by atoms with Gasteiger partial charge in [-0.25, -0.2) is 0 Å². The molecule has 0 heterocycles. The summed E-state index contributed by atoms with van der Waals surface area (Å²) in [4.78, 5) is 11.8. The first-order valence-corrected chi connectivity index (χ1v) is 3.22. The molecule has 2 N–H and O–H groups in total. The van der Waals surface area contributed by atoms with Gasteiger partial charge in [-0.15, -0.1) is 0 Å². The molecule has 1 amide bonds. The van der Waals surface area contributed by atoms with E-state index in [1.807, 2.05) is 13.8 Å². The fourth-order valence-corrected chi connectivity index (χ4v) is 0.622. The average molecular weight is 130 g/mol. The van der Waals surface area contributed by atoms with Gasteiger partial charge in [0.1, 0.15) is 0 Å². The second-order valence-corrected chi connectivity index (χ2v) is 1.91. The summed E-state index contributed by atoms with van der Waals surface area (Å²) >= 11 is 0. The van der Waals surface area contributed by atoms with E-state index in [0.717, 1.165) is 12.8 Å². The first-order valence-electron chi connectivity index (χ1n) is 3.22. The van der Waals surface area contributed by atoms with Crippen LogP contribution < -0.4 is 5.73 Å². The number of hydrogen-bond acceptors (Lipinski definition) is 2. The van der Waals surface area contributed by atoms with Crippen LogP contribution in [0, 0.1) is 0 Å². The molecular formula is C6H14N2O. The average Bonchev–Trinajstić information content (AvgIpc) is 1.90. The minimum absolute atomic E-state index is 0.104. The molecule has 0 spiro atoms. The highest BCUT2D eigenvalue weighted by Crippen LogP contribution is 1.91. The maximum absolute atomic E-state index is 10.2. The highest BCUT2D eigenvalue weighted by atomic mass is 16.1. The lowest BCUT2D eigenvalue weighted by atomic mass is 10.3. The third-order valence-corrected chi connectivity index (χ3v) is 1.34. The Bertz CT molecular complexity index is 85.1. The van der Waals surface area contributed by atoms with Crippen LogP contribution in [0.4, 0.5) is 0 Å². The number of carbonyl (C=O) groups excluding carboxylic acids is 1.